The maximum Gasteiger partial charge on any atom is 0.472 e. The van der Waals surface area contributed by atoms with Gasteiger partial charge in [0.05, 0.1) is 26.4 Å². The van der Waals surface area contributed by atoms with E-state index in [0.717, 1.165) is 114 Å². The highest BCUT2D eigenvalue weighted by molar-refractivity contribution is 7.47. The third-order valence-corrected chi connectivity index (χ3v) is 19.4. The first kappa shape index (κ1) is 90.1. The topological polar surface area (TPSA) is 237 Å². The largest absolute Gasteiger partial charge is 0.472 e. The first-order valence-corrected chi connectivity index (χ1v) is 40.8. The Morgan fingerprint density at radius 1 is 0.304 bits per heavy atom. The molecule has 0 fully saturated rings. The van der Waals surface area contributed by atoms with Crippen LogP contribution in [0, 0.1) is 23.7 Å². The summed E-state index contributed by atoms with van der Waals surface area (Å²) in [5.41, 5.74) is 0. The molecule has 7 atom stereocenters. The Morgan fingerprint density at radius 3 is 0.772 bits per heavy atom. The summed E-state index contributed by atoms with van der Waals surface area (Å²) in [6.07, 6.45) is 45.9. The van der Waals surface area contributed by atoms with Crippen LogP contribution < -0.4 is 0 Å². The number of unbranched alkanes of at least 4 members (excludes halogenated alkanes) is 34. The van der Waals surface area contributed by atoms with E-state index in [9.17, 15) is 43.2 Å². The maximum atomic E-state index is 13.1. The standard InChI is InChI=1S/C73H142O17P2/c1-9-65(7)51-43-35-27-21-17-13-11-12-14-18-22-28-37-45-53-70(75)83-59-68(89-72(77)55-47-39-29-23-19-15-16-20-25-33-41-49-63(3)4)61-87-91(79,80)85-57-67(74)58-86-92(81,82)88-62-69(90-73(78)56-48-40-30-24-26-34-42-50-64(5)6)60-84-71(76)54-46-38-32-31-36-44-52-66(8)10-2/h63-69,74H,9-62H2,1-8H3,(H,79,80)(H,81,82)/t65?,66?,67-,68-,69-/m1/s1. The minimum Gasteiger partial charge on any atom is -0.462 e. The van der Waals surface area contributed by atoms with E-state index in [0.29, 0.717) is 31.6 Å². The normalized spacial score (nSPS) is 14.8. The van der Waals surface area contributed by atoms with E-state index >= 15 is 0 Å². The molecule has 17 nitrogen and oxygen atoms in total. The zero-order chi connectivity index (χ0) is 68.2. The van der Waals surface area contributed by atoms with Crippen LogP contribution in [0.5, 0.6) is 0 Å². The molecule has 0 spiro atoms. The summed E-state index contributed by atoms with van der Waals surface area (Å²) in [4.78, 5) is 72.6. The van der Waals surface area contributed by atoms with Crippen LogP contribution in [0.15, 0.2) is 0 Å². The van der Waals surface area contributed by atoms with Crippen LogP contribution in [0.3, 0.4) is 0 Å². The fourth-order valence-corrected chi connectivity index (χ4v) is 12.5. The highest BCUT2D eigenvalue weighted by Gasteiger charge is 2.30. The van der Waals surface area contributed by atoms with Gasteiger partial charge in [-0.15, -0.1) is 0 Å². The van der Waals surface area contributed by atoms with E-state index in [1.807, 2.05) is 0 Å². The Hall–Kier alpha value is -1.94. The lowest BCUT2D eigenvalue weighted by Gasteiger charge is -2.21. The highest BCUT2D eigenvalue weighted by Crippen LogP contribution is 2.45. The van der Waals surface area contributed by atoms with Crippen LogP contribution in [0.25, 0.3) is 0 Å². The molecule has 4 unspecified atom stereocenters. The molecule has 0 saturated heterocycles. The fourth-order valence-electron chi connectivity index (χ4n) is 11.0. The summed E-state index contributed by atoms with van der Waals surface area (Å²) in [7, 11) is -9.91. The van der Waals surface area contributed by atoms with Crippen LogP contribution >= 0.6 is 15.6 Å². The Labute approximate surface area is 562 Å². The molecule has 0 aromatic heterocycles. The smallest absolute Gasteiger partial charge is 0.462 e. The minimum atomic E-state index is -4.96. The van der Waals surface area contributed by atoms with Crippen molar-refractivity contribution in [1.82, 2.24) is 0 Å². The van der Waals surface area contributed by atoms with E-state index in [1.165, 1.54) is 161 Å². The summed E-state index contributed by atoms with van der Waals surface area (Å²) in [5, 5.41) is 10.6. The van der Waals surface area contributed by atoms with Crippen molar-refractivity contribution >= 4 is 39.5 Å². The highest BCUT2D eigenvalue weighted by atomic mass is 31.2. The van der Waals surface area contributed by atoms with Gasteiger partial charge < -0.3 is 33.8 Å². The SMILES string of the molecule is CCC(C)CCCCCCCCCCCCCCCCC(=O)OC[C@H](COP(=O)(O)OC[C@@H](O)COP(=O)(O)OC[C@@H](COC(=O)CCCCCCCCC(C)CC)OC(=O)CCCCCCCCCC(C)C)OC(=O)CCCCCCCCCCCCCC(C)C. The summed E-state index contributed by atoms with van der Waals surface area (Å²) in [6.45, 7) is 14.1. The van der Waals surface area contributed by atoms with Crippen molar-refractivity contribution in [3.05, 3.63) is 0 Å². The van der Waals surface area contributed by atoms with Gasteiger partial charge in [0.15, 0.2) is 12.2 Å². The zero-order valence-corrected chi connectivity index (χ0v) is 62.0. The van der Waals surface area contributed by atoms with E-state index < -0.39 is 97.5 Å². The van der Waals surface area contributed by atoms with Gasteiger partial charge in [0.1, 0.15) is 19.3 Å². The molecule has 0 aliphatic heterocycles. The Bertz CT molecular complexity index is 1820. The van der Waals surface area contributed by atoms with E-state index in [4.69, 9.17) is 37.0 Å². The van der Waals surface area contributed by atoms with E-state index in [1.54, 1.807) is 0 Å². The second-order valence-corrected chi connectivity index (χ2v) is 30.7. The van der Waals surface area contributed by atoms with Crippen molar-refractivity contribution in [2.45, 2.75) is 382 Å². The zero-order valence-electron chi connectivity index (χ0n) is 60.2. The van der Waals surface area contributed by atoms with Crippen LogP contribution in [-0.2, 0) is 65.4 Å². The van der Waals surface area contributed by atoms with Crippen molar-refractivity contribution in [3.8, 4) is 0 Å². The lowest BCUT2D eigenvalue weighted by Crippen LogP contribution is -2.30. The van der Waals surface area contributed by atoms with Crippen LogP contribution in [0.2, 0.25) is 0 Å². The molecule has 0 aliphatic carbocycles. The molecule has 0 heterocycles. The Morgan fingerprint density at radius 2 is 0.522 bits per heavy atom. The lowest BCUT2D eigenvalue weighted by molar-refractivity contribution is -0.161. The number of ether oxygens (including phenoxy) is 4. The Kier molecular flexibility index (Phi) is 61.3. The molecular weight excluding hydrogens is 1210 g/mol. The number of aliphatic hydroxyl groups excluding tert-OH is 1. The molecular formula is C73H142O17P2. The first-order chi connectivity index (χ1) is 44.2. The van der Waals surface area contributed by atoms with Crippen molar-refractivity contribution in [2.24, 2.45) is 23.7 Å². The third kappa shape index (κ3) is 64.1. The van der Waals surface area contributed by atoms with Gasteiger partial charge in [0.25, 0.3) is 0 Å². The minimum absolute atomic E-state index is 0.102. The second-order valence-electron chi connectivity index (χ2n) is 27.8. The van der Waals surface area contributed by atoms with Gasteiger partial charge in [-0.1, -0.05) is 312 Å². The van der Waals surface area contributed by atoms with Crippen molar-refractivity contribution in [2.75, 3.05) is 39.6 Å². The third-order valence-electron chi connectivity index (χ3n) is 17.5. The average molecular weight is 1350 g/mol. The van der Waals surface area contributed by atoms with Gasteiger partial charge in [0.2, 0.25) is 0 Å². The molecule has 19 heteroatoms. The van der Waals surface area contributed by atoms with Gasteiger partial charge in [-0.25, -0.2) is 9.13 Å². The van der Waals surface area contributed by atoms with Crippen molar-refractivity contribution in [1.29, 1.82) is 0 Å². The van der Waals surface area contributed by atoms with Crippen LogP contribution in [0.4, 0.5) is 0 Å². The number of hydrogen-bond acceptors (Lipinski definition) is 15. The van der Waals surface area contributed by atoms with Crippen LogP contribution in [-0.4, -0.2) is 96.7 Å². The molecule has 0 saturated carbocycles. The quantitative estimate of drug-likeness (QED) is 0.0222. The summed E-state index contributed by atoms with van der Waals surface area (Å²) < 4.78 is 68.4. The lowest BCUT2D eigenvalue weighted by atomic mass is 9.99. The number of esters is 4. The summed E-state index contributed by atoms with van der Waals surface area (Å²) in [6, 6.07) is 0. The van der Waals surface area contributed by atoms with E-state index in [-0.39, 0.29) is 25.7 Å². The molecule has 0 aliphatic rings. The van der Waals surface area contributed by atoms with Gasteiger partial charge in [-0.3, -0.25) is 37.3 Å². The number of carbonyl (C=O) groups is 4. The molecule has 546 valence electrons. The first-order valence-electron chi connectivity index (χ1n) is 37.8. The monoisotopic (exact) mass is 1350 g/mol. The van der Waals surface area contributed by atoms with Gasteiger partial charge >= 0.3 is 39.5 Å². The number of phosphoric acid groups is 2. The number of phosphoric ester groups is 2. The molecule has 0 aromatic carbocycles. The molecule has 92 heavy (non-hydrogen) atoms. The predicted octanol–water partition coefficient (Wildman–Crippen LogP) is 20.9. The van der Waals surface area contributed by atoms with Gasteiger partial charge in [-0.2, -0.15) is 0 Å². The summed E-state index contributed by atoms with van der Waals surface area (Å²) in [5.74, 6) is 0.914. The number of aliphatic hydroxyl groups is 1. The second kappa shape index (κ2) is 62.6. The van der Waals surface area contributed by atoms with Gasteiger partial charge in [-0.05, 0) is 49.4 Å². The number of carbonyl (C=O) groups excluding carboxylic acids is 4. The number of rotatable bonds is 70. The molecule has 0 rings (SSSR count). The molecule has 0 aromatic rings. The Balaban J connectivity index is 5.23. The average Bonchev–Trinajstić information content (AvgIpc) is 1.62. The summed E-state index contributed by atoms with van der Waals surface area (Å²) >= 11 is 0. The molecule has 0 amide bonds. The van der Waals surface area contributed by atoms with Crippen molar-refractivity contribution < 1.29 is 80.2 Å². The predicted molar refractivity (Wildman–Crippen MR) is 372 cm³/mol. The molecule has 3 N–H and O–H groups in total. The number of hydrogen-bond donors (Lipinski definition) is 3. The maximum absolute atomic E-state index is 13.1. The van der Waals surface area contributed by atoms with E-state index in [2.05, 4.69) is 55.4 Å². The van der Waals surface area contributed by atoms with Crippen LogP contribution in [0.1, 0.15) is 364 Å². The fraction of sp³-hybridized carbons (Fsp3) is 0.945. The molecule has 0 bridgehead atoms. The molecule has 0 radical (unpaired) electrons. The van der Waals surface area contributed by atoms with Crippen molar-refractivity contribution in [3.63, 3.8) is 0 Å². The van der Waals surface area contributed by atoms with Gasteiger partial charge in [0, 0.05) is 25.7 Å².